The fraction of sp³-hybridized carbons (Fsp3) is 0.259. The van der Waals surface area contributed by atoms with E-state index >= 15 is 0 Å². The molecule has 0 aliphatic rings. The molecule has 214 valence electrons. The van der Waals surface area contributed by atoms with Crippen LogP contribution in [0.4, 0.5) is 27.6 Å². The Morgan fingerprint density at radius 2 is 1.70 bits per heavy atom. The maximum atomic E-state index is 14.4. The number of aliphatic hydroxyl groups is 1. The van der Waals surface area contributed by atoms with Crippen molar-refractivity contribution in [3.8, 4) is 5.75 Å². The normalized spacial score (nSPS) is 13.2. The minimum Gasteiger partial charge on any atom is -0.434 e. The zero-order valence-electron chi connectivity index (χ0n) is 21.2. The number of nitrogens with one attached hydrogen (secondary N) is 2. The lowest BCUT2D eigenvalue weighted by Crippen LogP contribution is -2.43. The van der Waals surface area contributed by atoms with Gasteiger partial charge < -0.3 is 20.5 Å². The number of hydrogen-bond donors (Lipinski definition) is 3. The number of amides is 2. The molecule has 0 saturated heterocycles. The number of carbonyl (C=O) groups excluding carboxylic acids is 2. The van der Waals surface area contributed by atoms with Crippen molar-refractivity contribution in [1.29, 1.82) is 0 Å². The molecule has 0 heterocycles. The number of halogens is 7. The minimum absolute atomic E-state index is 0.0453. The number of rotatable bonds is 8. The van der Waals surface area contributed by atoms with Crippen LogP contribution in [0.3, 0.4) is 0 Å². The monoisotopic (exact) mass is 740 g/mol. The van der Waals surface area contributed by atoms with Gasteiger partial charge in [0.25, 0.3) is 11.8 Å². The lowest BCUT2D eigenvalue weighted by atomic mass is 9.84. The Balaban J connectivity index is 2.04. The molecule has 2 amide bonds. The third kappa shape index (κ3) is 6.74. The summed E-state index contributed by atoms with van der Waals surface area (Å²) in [5.74, 6) is -2.02. The van der Waals surface area contributed by atoms with Crippen LogP contribution in [0.25, 0.3) is 0 Å². The third-order valence-corrected chi connectivity index (χ3v) is 7.15. The van der Waals surface area contributed by atoms with Crippen LogP contribution >= 0.6 is 38.5 Å². The zero-order valence-corrected chi connectivity index (χ0v) is 24.9. The highest BCUT2D eigenvalue weighted by molar-refractivity contribution is 14.1. The second kappa shape index (κ2) is 12.4. The Hall–Kier alpha value is -2.78. The highest BCUT2D eigenvalue weighted by Gasteiger charge is 2.58. The van der Waals surface area contributed by atoms with E-state index in [9.17, 15) is 36.6 Å². The van der Waals surface area contributed by atoms with Gasteiger partial charge in [-0.2, -0.15) is 22.0 Å². The molecule has 3 aromatic rings. The number of aryl methyl sites for hydroxylation is 1. The largest absolute Gasteiger partial charge is 0.434 e. The molecule has 40 heavy (non-hydrogen) atoms. The van der Waals surface area contributed by atoms with Crippen molar-refractivity contribution in [1.82, 2.24) is 5.32 Å². The van der Waals surface area contributed by atoms with Gasteiger partial charge in [-0.15, -0.1) is 0 Å². The molecule has 3 N–H and O–H groups in total. The number of carbonyl (C=O) groups is 2. The number of benzene rings is 3. The van der Waals surface area contributed by atoms with E-state index in [1.165, 1.54) is 13.0 Å². The summed E-state index contributed by atoms with van der Waals surface area (Å²) >= 11 is 4.92. The fourth-order valence-electron chi connectivity index (χ4n) is 3.96. The number of ether oxygens (including phenoxy) is 1. The van der Waals surface area contributed by atoms with Crippen LogP contribution in [0.2, 0.25) is 0 Å². The Morgan fingerprint density at radius 1 is 1.02 bits per heavy atom. The van der Waals surface area contributed by atoms with Crippen LogP contribution in [0, 0.1) is 10.5 Å². The van der Waals surface area contributed by atoms with Crippen molar-refractivity contribution in [3.63, 3.8) is 0 Å². The van der Waals surface area contributed by atoms with Crippen LogP contribution in [-0.4, -0.2) is 35.8 Å². The smallest absolute Gasteiger partial charge is 0.425 e. The highest BCUT2D eigenvalue weighted by atomic mass is 127. The van der Waals surface area contributed by atoms with Gasteiger partial charge in [0, 0.05) is 25.3 Å². The average molecular weight is 741 g/mol. The summed E-state index contributed by atoms with van der Waals surface area (Å²) in [5, 5.41) is 16.4. The van der Waals surface area contributed by atoms with Gasteiger partial charge in [-0.25, -0.2) is 0 Å². The van der Waals surface area contributed by atoms with Crippen molar-refractivity contribution in [2.45, 2.75) is 45.2 Å². The van der Waals surface area contributed by atoms with Crippen molar-refractivity contribution >= 4 is 56.0 Å². The second-order valence-corrected chi connectivity index (χ2v) is 11.1. The first kappa shape index (κ1) is 31.7. The van der Waals surface area contributed by atoms with Crippen molar-refractivity contribution < 1.29 is 41.4 Å². The van der Waals surface area contributed by atoms with Crippen LogP contribution in [-0.2, 0) is 5.60 Å². The summed E-state index contributed by atoms with van der Waals surface area (Å²) in [6.45, 7) is 1.47. The van der Waals surface area contributed by atoms with Gasteiger partial charge in [-0.1, -0.05) is 40.2 Å². The van der Waals surface area contributed by atoms with E-state index in [1.54, 1.807) is 26.0 Å². The van der Waals surface area contributed by atoms with E-state index in [-0.39, 0.29) is 32.9 Å². The Labute approximate surface area is 248 Å². The molecule has 1 atom stereocenters. The van der Waals surface area contributed by atoms with E-state index in [1.807, 2.05) is 22.6 Å². The average Bonchev–Trinajstić information content (AvgIpc) is 2.83. The predicted octanol–water partition coefficient (Wildman–Crippen LogP) is 7.15. The van der Waals surface area contributed by atoms with Crippen LogP contribution in [0.1, 0.15) is 51.3 Å². The van der Waals surface area contributed by atoms with E-state index in [2.05, 4.69) is 31.3 Å². The maximum Gasteiger partial charge on any atom is 0.425 e. The molecule has 0 spiro atoms. The van der Waals surface area contributed by atoms with E-state index in [0.29, 0.717) is 3.57 Å². The molecule has 0 saturated carbocycles. The van der Waals surface area contributed by atoms with Gasteiger partial charge in [0.2, 0.25) is 5.60 Å². The first-order valence-corrected chi connectivity index (χ1v) is 13.5. The summed E-state index contributed by atoms with van der Waals surface area (Å²) in [5.41, 5.74) is -4.96. The van der Waals surface area contributed by atoms with Gasteiger partial charge >= 0.3 is 12.8 Å². The van der Waals surface area contributed by atoms with Crippen molar-refractivity contribution in [3.05, 3.63) is 90.5 Å². The van der Waals surface area contributed by atoms with Crippen LogP contribution in [0.15, 0.2) is 59.1 Å². The van der Waals surface area contributed by atoms with E-state index in [0.717, 1.165) is 36.4 Å². The lowest BCUT2D eigenvalue weighted by molar-refractivity contribution is -0.249. The molecule has 1 unspecified atom stereocenters. The van der Waals surface area contributed by atoms with E-state index in [4.69, 9.17) is 0 Å². The summed E-state index contributed by atoms with van der Waals surface area (Å²) in [6.07, 6.45) is -5.35. The molecule has 0 aliphatic heterocycles. The zero-order chi connectivity index (χ0) is 30.0. The van der Waals surface area contributed by atoms with Crippen LogP contribution < -0.4 is 15.4 Å². The topological polar surface area (TPSA) is 87.7 Å². The van der Waals surface area contributed by atoms with Gasteiger partial charge in [0.1, 0.15) is 5.75 Å². The first-order chi connectivity index (χ1) is 18.6. The number of anilines is 1. The quantitative estimate of drug-likeness (QED) is 0.169. The van der Waals surface area contributed by atoms with Crippen LogP contribution in [0.5, 0.6) is 5.75 Å². The number of alkyl halides is 5. The van der Waals surface area contributed by atoms with Gasteiger partial charge in [0.05, 0.1) is 11.1 Å². The molecular formula is C27H23BrF5IN2O4. The molecule has 0 fully saturated rings. The lowest BCUT2D eigenvalue weighted by Gasteiger charge is -2.33. The molecule has 13 heteroatoms. The van der Waals surface area contributed by atoms with Crippen molar-refractivity contribution in [2.24, 2.45) is 0 Å². The molecule has 0 bridgehead atoms. The second-order valence-electron chi connectivity index (χ2n) is 9.00. The molecule has 6 nitrogen and oxygen atoms in total. The summed E-state index contributed by atoms with van der Waals surface area (Å²) in [7, 11) is 0. The molecule has 0 radical (unpaired) electrons. The fourth-order valence-corrected chi connectivity index (χ4v) is 5.04. The highest BCUT2D eigenvalue weighted by Crippen LogP contribution is 2.48. The standard InChI is InChI=1S/C27H23BrF5IN2O4/c1-13(2)35-24(38)22-17(5-4-6-19(22)34)23(37)36-20-10-7-15(11-14(20)3)26(39,27(31,32)33)18-9-8-16(28)12-21(18)40-25(29)30/h4-13,25,39H,1-3H3,(H,35,38)(H,36,37). The van der Waals surface area contributed by atoms with Crippen molar-refractivity contribution in [2.75, 3.05) is 5.32 Å². The third-order valence-electron chi connectivity index (χ3n) is 5.76. The first-order valence-electron chi connectivity index (χ1n) is 11.6. The summed E-state index contributed by atoms with van der Waals surface area (Å²) in [4.78, 5) is 25.9. The summed E-state index contributed by atoms with van der Waals surface area (Å²) in [6, 6.07) is 10.4. The predicted molar refractivity (Wildman–Crippen MR) is 151 cm³/mol. The van der Waals surface area contributed by atoms with Gasteiger partial charge in [0.15, 0.2) is 0 Å². The molecule has 3 rings (SSSR count). The molecule has 0 aromatic heterocycles. The maximum absolute atomic E-state index is 14.4. The Bertz CT molecular complexity index is 1430. The molecule has 0 aliphatic carbocycles. The summed E-state index contributed by atoms with van der Waals surface area (Å²) < 4.78 is 74.1. The molecule has 3 aromatic carbocycles. The Kier molecular flexibility index (Phi) is 9.83. The minimum atomic E-state index is -5.35. The van der Waals surface area contributed by atoms with E-state index < -0.39 is 47.1 Å². The SMILES string of the molecule is Cc1cc(C(O)(c2ccc(Br)cc2OC(F)F)C(F)(F)F)ccc1NC(=O)c1cccc(I)c1C(=O)NC(C)C. The Morgan fingerprint density at radius 3 is 2.27 bits per heavy atom. The molecular weight excluding hydrogens is 718 g/mol. The number of hydrogen-bond acceptors (Lipinski definition) is 4. The van der Waals surface area contributed by atoms with Gasteiger partial charge in [-0.05, 0) is 84.8 Å². The van der Waals surface area contributed by atoms with Gasteiger partial charge in [-0.3, -0.25) is 9.59 Å².